The Balaban J connectivity index is 1.59. The van der Waals surface area contributed by atoms with Gasteiger partial charge in [0.05, 0.1) is 7.11 Å². The molecule has 1 aliphatic carbocycles. The van der Waals surface area contributed by atoms with Gasteiger partial charge in [-0.1, -0.05) is 57.3 Å². The largest absolute Gasteiger partial charge is 0.497 e. The normalized spacial score (nSPS) is 15.9. The summed E-state index contributed by atoms with van der Waals surface area (Å²) < 4.78 is 10.9. The van der Waals surface area contributed by atoms with Crippen LogP contribution >= 0.6 is 0 Å². The minimum atomic E-state index is -0.643. The van der Waals surface area contributed by atoms with Gasteiger partial charge in [-0.15, -0.1) is 0 Å². The monoisotopic (exact) mass is 433 g/mol. The summed E-state index contributed by atoms with van der Waals surface area (Å²) in [7, 11) is 1.63. The molecular weight excluding hydrogens is 402 g/mol. The number of benzene rings is 2. The Kier molecular flexibility index (Phi) is 6.04. The number of carbonyl (C=O) groups excluding carboxylic acids is 1. The summed E-state index contributed by atoms with van der Waals surface area (Å²) in [4.78, 5) is 17.9. The van der Waals surface area contributed by atoms with Crippen molar-refractivity contribution in [3.05, 3.63) is 65.5 Å². The van der Waals surface area contributed by atoms with Crippen molar-refractivity contribution in [2.45, 2.75) is 63.8 Å². The fourth-order valence-corrected chi connectivity index (χ4v) is 4.23. The topological polar surface area (TPSA) is 77.3 Å². The molecule has 4 rings (SSSR count). The summed E-state index contributed by atoms with van der Waals surface area (Å²) in [5.41, 5.74) is 2.08. The number of nitrogens with one attached hydrogen (secondary N) is 1. The van der Waals surface area contributed by atoms with E-state index in [2.05, 4.69) is 31.2 Å². The Morgan fingerprint density at radius 1 is 1.00 bits per heavy atom. The molecule has 168 valence electrons. The van der Waals surface area contributed by atoms with E-state index in [1.807, 2.05) is 48.5 Å². The van der Waals surface area contributed by atoms with E-state index in [-0.39, 0.29) is 11.3 Å². The van der Waals surface area contributed by atoms with E-state index < -0.39 is 5.54 Å². The van der Waals surface area contributed by atoms with Crippen LogP contribution in [0, 0.1) is 0 Å². The van der Waals surface area contributed by atoms with Crippen LogP contribution in [-0.4, -0.2) is 23.2 Å². The Morgan fingerprint density at radius 3 is 2.25 bits per heavy atom. The van der Waals surface area contributed by atoms with Gasteiger partial charge in [0, 0.05) is 11.1 Å². The zero-order chi connectivity index (χ0) is 22.8. The van der Waals surface area contributed by atoms with Crippen molar-refractivity contribution < 1.29 is 14.1 Å². The number of carbonyl (C=O) groups is 1. The lowest BCUT2D eigenvalue weighted by Gasteiger charge is -2.34. The summed E-state index contributed by atoms with van der Waals surface area (Å²) in [6.07, 6.45) is 4.70. The molecule has 1 heterocycles. The van der Waals surface area contributed by atoms with E-state index in [0.29, 0.717) is 17.3 Å². The Labute approximate surface area is 189 Å². The Hall–Kier alpha value is -3.15. The first-order chi connectivity index (χ1) is 15.3. The fraction of sp³-hybridized carbons (Fsp3) is 0.423. The fourth-order valence-electron chi connectivity index (χ4n) is 4.23. The highest BCUT2D eigenvalue weighted by Gasteiger charge is 2.41. The zero-order valence-corrected chi connectivity index (χ0v) is 19.3. The van der Waals surface area contributed by atoms with Crippen LogP contribution in [0.25, 0.3) is 11.4 Å². The Morgan fingerprint density at radius 2 is 1.66 bits per heavy atom. The van der Waals surface area contributed by atoms with Gasteiger partial charge in [-0.25, -0.2) is 0 Å². The molecule has 3 aromatic rings. The second kappa shape index (κ2) is 8.77. The number of hydrogen-bond donors (Lipinski definition) is 1. The third kappa shape index (κ3) is 4.54. The molecule has 1 amide bonds. The molecular formula is C26H31N3O3. The molecule has 1 aromatic heterocycles. The van der Waals surface area contributed by atoms with Crippen molar-refractivity contribution in [2.75, 3.05) is 7.11 Å². The lowest BCUT2D eigenvalue weighted by molar-refractivity contribution is 0.0824. The molecule has 6 nitrogen and oxygen atoms in total. The van der Waals surface area contributed by atoms with E-state index in [9.17, 15) is 4.79 Å². The van der Waals surface area contributed by atoms with Gasteiger partial charge < -0.3 is 14.6 Å². The number of ether oxygens (including phenoxy) is 1. The summed E-state index contributed by atoms with van der Waals surface area (Å²) in [5, 5.41) is 7.45. The molecule has 0 aliphatic heterocycles. The van der Waals surface area contributed by atoms with E-state index in [1.54, 1.807) is 7.11 Å². The number of methoxy groups -OCH3 is 1. The van der Waals surface area contributed by atoms with Crippen LogP contribution in [0.5, 0.6) is 5.75 Å². The molecule has 0 unspecified atom stereocenters. The quantitative estimate of drug-likeness (QED) is 0.564. The van der Waals surface area contributed by atoms with Gasteiger partial charge in [0.15, 0.2) is 0 Å². The second-order valence-electron chi connectivity index (χ2n) is 9.58. The summed E-state index contributed by atoms with van der Waals surface area (Å²) in [6.45, 7) is 6.49. The summed E-state index contributed by atoms with van der Waals surface area (Å²) in [5.74, 6) is 1.64. The first-order valence-corrected chi connectivity index (χ1v) is 11.2. The van der Waals surface area contributed by atoms with Gasteiger partial charge >= 0.3 is 0 Å². The minimum Gasteiger partial charge on any atom is -0.497 e. The zero-order valence-electron chi connectivity index (χ0n) is 19.3. The molecule has 0 spiro atoms. The highest BCUT2D eigenvalue weighted by Crippen LogP contribution is 2.37. The molecule has 2 aromatic carbocycles. The van der Waals surface area contributed by atoms with Crippen LogP contribution in [-0.2, 0) is 11.0 Å². The van der Waals surface area contributed by atoms with Crippen LogP contribution in [0.2, 0.25) is 0 Å². The molecule has 0 bridgehead atoms. The third-order valence-electron chi connectivity index (χ3n) is 6.26. The van der Waals surface area contributed by atoms with Crippen LogP contribution < -0.4 is 10.1 Å². The minimum absolute atomic E-state index is 0.0429. The molecule has 0 saturated heterocycles. The maximum atomic E-state index is 13.2. The SMILES string of the molecule is COc1ccc(-c2noc(C3(NC(=O)c4ccc(C(C)(C)C)cc4)CCCCC3)n2)cc1. The van der Waals surface area contributed by atoms with Crippen molar-refractivity contribution in [1.82, 2.24) is 15.5 Å². The standard InChI is InChI=1S/C26H31N3O3/c1-25(2,3)20-12-8-19(9-13-20)23(30)28-26(16-6-5-7-17-26)24-27-22(29-32-24)18-10-14-21(31-4)15-11-18/h8-15H,5-7,16-17H2,1-4H3,(H,28,30). The summed E-state index contributed by atoms with van der Waals surface area (Å²) >= 11 is 0. The highest BCUT2D eigenvalue weighted by molar-refractivity contribution is 5.94. The van der Waals surface area contributed by atoms with E-state index in [4.69, 9.17) is 14.2 Å². The molecule has 1 aliphatic rings. The molecule has 1 N–H and O–H groups in total. The van der Waals surface area contributed by atoms with Crippen molar-refractivity contribution >= 4 is 5.91 Å². The number of amides is 1. The average Bonchev–Trinajstić information content (AvgIpc) is 3.30. The smallest absolute Gasteiger partial charge is 0.252 e. The number of rotatable bonds is 5. The number of aromatic nitrogens is 2. The van der Waals surface area contributed by atoms with Crippen molar-refractivity contribution in [2.24, 2.45) is 0 Å². The first kappa shape index (κ1) is 22.1. The maximum Gasteiger partial charge on any atom is 0.252 e. The lowest BCUT2D eigenvalue weighted by Crippen LogP contribution is -2.47. The van der Waals surface area contributed by atoms with Crippen LogP contribution in [0.3, 0.4) is 0 Å². The van der Waals surface area contributed by atoms with Gasteiger partial charge in [-0.05, 0) is 60.2 Å². The van der Waals surface area contributed by atoms with Gasteiger partial charge in [-0.3, -0.25) is 4.79 Å². The molecule has 0 radical (unpaired) electrons. The predicted octanol–water partition coefficient (Wildman–Crippen LogP) is 5.63. The van der Waals surface area contributed by atoms with Gasteiger partial charge in [-0.2, -0.15) is 4.98 Å². The van der Waals surface area contributed by atoms with Gasteiger partial charge in [0.2, 0.25) is 5.82 Å². The van der Waals surface area contributed by atoms with E-state index in [1.165, 1.54) is 5.56 Å². The first-order valence-electron chi connectivity index (χ1n) is 11.2. The molecule has 32 heavy (non-hydrogen) atoms. The van der Waals surface area contributed by atoms with Crippen LogP contribution in [0.15, 0.2) is 53.1 Å². The summed E-state index contributed by atoms with van der Waals surface area (Å²) in [6, 6.07) is 15.4. The number of hydrogen-bond acceptors (Lipinski definition) is 5. The lowest BCUT2D eigenvalue weighted by atomic mass is 9.81. The van der Waals surface area contributed by atoms with E-state index in [0.717, 1.165) is 43.4 Å². The van der Waals surface area contributed by atoms with Gasteiger partial charge in [0.25, 0.3) is 11.8 Å². The van der Waals surface area contributed by atoms with Crippen LogP contribution in [0.1, 0.15) is 74.7 Å². The van der Waals surface area contributed by atoms with Crippen molar-refractivity contribution in [3.63, 3.8) is 0 Å². The predicted molar refractivity (Wildman–Crippen MR) is 124 cm³/mol. The molecule has 0 atom stereocenters. The number of nitrogens with zero attached hydrogens (tertiary/aromatic N) is 2. The Bertz CT molecular complexity index is 1060. The van der Waals surface area contributed by atoms with Crippen molar-refractivity contribution in [1.29, 1.82) is 0 Å². The molecule has 6 heteroatoms. The van der Waals surface area contributed by atoms with E-state index >= 15 is 0 Å². The maximum absolute atomic E-state index is 13.2. The highest BCUT2D eigenvalue weighted by atomic mass is 16.5. The van der Waals surface area contributed by atoms with Crippen molar-refractivity contribution in [3.8, 4) is 17.1 Å². The second-order valence-corrected chi connectivity index (χ2v) is 9.58. The van der Waals surface area contributed by atoms with Crippen LogP contribution in [0.4, 0.5) is 0 Å². The molecule has 1 saturated carbocycles. The molecule has 1 fully saturated rings. The average molecular weight is 434 g/mol. The van der Waals surface area contributed by atoms with Gasteiger partial charge in [0.1, 0.15) is 11.3 Å². The third-order valence-corrected chi connectivity index (χ3v) is 6.26.